The fraction of sp³-hybridized carbons (Fsp3) is 0.304. The number of fused-ring (bicyclic) bond motifs is 1. The van der Waals surface area contributed by atoms with Crippen LogP contribution in [0.5, 0.6) is 0 Å². The zero-order valence-electron chi connectivity index (χ0n) is 16.0. The van der Waals surface area contributed by atoms with Gasteiger partial charge in [0.25, 0.3) is 0 Å². The zero-order valence-corrected chi connectivity index (χ0v) is 16.0. The highest BCUT2D eigenvalue weighted by Gasteiger charge is 2.36. The number of carbonyl (C=O) groups excluding carboxylic acids is 2. The van der Waals surface area contributed by atoms with Crippen molar-refractivity contribution in [2.24, 2.45) is 5.92 Å². The van der Waals surface area contributed by atoms with Crippen molar-refractivity contribution in [3.63, 3.8) is 0 Å². The minimum absolute atomic E-state index is 0.0148. The molecule has 0 spiro atoms. The Kier molecular flexibility index (Phi) is 5.15. The highest BCUT2D eigenvalue weighted by Crippen LogP contribution is 2.28. The highest BCUT2D eigenvalue weighted by molar-refractivity contribution is 5.89. The van der Waals surface area contributed by atoms with Crippen LogP contribution in [0.15, 0.2) is 60.8 Å². The molecule has 144 valence electrons. The van der Waals surface area contributed by atoms with Gasteiger partial charge in [0.15, 0.2) is 0 Å². The summed E-state index contributed by atoms with van der Waals surface area (Å²) in [6.45, 7) is 3.07. The van der Waals surface area contributed by atoms with Crippen LogP contribution in [0.3, 0.4) is 0 Å². The van der Waals surface area contributed by atoms with Crippen LogP contribution in [0.1, 0.15) is 30.5 Å². The molecule has 1 aliphatic rings. The van der Waals surface area contributed by atoms with Crippen LogP contribution in [0.4, 0.5) is 0 Å². The first-order chi connectivity index (χ1) is 13.6. The number of hydrogen-bond donors (Lipinski definition) is 2. The van der Waals surface area contributed by atoms with Gasteiger partial charge in [0.05, 0.1) is 12.0 Å². The number of amides is 2. The fourth-order valence-corrected chi connectivity index (χ4v) is 3.92. The van der Waals surface area contributed by atoms with Crippen LogP contribution >= 0.6 is 0 Å². The molecular formula is C23H25N3O2. The first kappa shape index (κ1) is 18.3. The van der Waals surface area contributed by atoms with Crippen molar-refractivity contribution in [2.75, 3.05) is 13.1 Å². The fourth-order valence-electron chi connectivity index (χ4n) is 3.92. The minimum atomic E-state index is -0.274. The minimum Gasteiger partial charge on any atom is -0.361 e. The standard InChI is InChI=1S/C23H25N3O2/c1-16(18-5-3-2-4-6-18)26-15-20(14-22(26)27)23(28)25-11-9-17-7-8-19-10-12-24-21(19)13-17/h2-8,10,12-13,16,20,24H,9,11,14-15H2,1H3,(H,25,28). The first-order valence-electron chi connectivity index (χ1n) is 9.80. The number of nitrogens with zero attached hydrogens (tertiary/aromatic N) is 1. The molecule has 3 aromatic rings. The molecule has 28 heavy (non-hydrogen) atoms. The van der Waals surface area contributed by atoms with Crippen molar-refractivity contribution in [1.82, 2.24) is 15.2 Å². The molecule has 2 amide bonds. The predicted molar refractivity (Wildman–Crippen MR) is 110 cm³/mol. The topological polar surface area (TPSA) is 65.2 Å². The number of rotatable bonds is 6. The van der Waals surface area contributed by atoms with Crippen molar-refractivity contribution in [3.8, 4) is 0 Å². The molecule has 0 radical (unpaired) electrons. The third-order valence-corrected chi connectivity index (χ3v) is 5.61. The highest BCUT2D eigenvalue weighted by atomic mass is 16.2. The first-order valence-corrected chi connectivity index (χ1v) is 9.80. The summed E-state index contributed by atoms with van der Waals surface area (Å²) in [5, 5.41) is 4.19. The lowest BCUT2D eigenvalue weighted by Crippen LogP contribution is -2.34. The normalized spacial score (nSPS) is 17.8. The molecule has 0 saturated carbocycles. The summed E-state index contributed by atoms with van der Waals surface area (Å²) in [7, 11) is 0. The second-order valence-electron chi connectivity index (χ2n) is 7.47. The summed E-state index contributed by atoms with van der Waals surface area (Å²) in [5.41, 5.74) is 3.38. The second kappa shape index (κ2) is 7.89. The summed E-state index contributed by atoms with van der Waals surface area (Å²) in [6, 6.07) is 18.3. The lowest BCUT2D eigenvalue weighted by molar-refractivity contribution is -0.130. The number of H-pyrrole nitrogens is 1. The molecule has 2 N–H and O–H groups in total. The molecule has 1 fully saturated rings. The van der Waals surface area contributed by atoms with Crippen LogP contribution in [0.25, 0.3) is 10.9 Å². The smallest absolute Gasteiger partial charge is 0.225 e. The molecule has 2 aromatic carbocycles. The lowest BCUT2D eigenvalue weighted by atomic mass is 10.1. The van der Waals surface area contributed by atoms with Gasteiger partial charge in [-0.3, -0.25) is 9.59 Å². The van der Waals surface area contributed by atoms with Crippen molar-refractivity contribution < 1.29 is 9.59 Å². The van der Waals surface area contributed by atoms with E-state index in [2.05, 4.69) is 28.5 Å². The zero-order chi connectivity index (χ0) is 19.5. The maximum absolute atomic E-state index is 12.6. The van der Waals surface area contributed by atoms with Gasteiger partial charge < -0.3 is 15.2 Å². The maximum Gasteiger partial charge on any atom is 0.225 e. The molecule has 0 bridgehead atoms. The molecule has 2 heterocycles. The van der Waals surface area contributed by atoms with Gasteiger partial charge >= 0.3 is 0 Å². The van der Waals surface area contributed by atoms with E-state index in [1.54, 1.807) is 0 Å². The van der Waals surface area contributed by atoms with Crippen molar-refractivity contribution in [2.45, 2.75) is 25.8 Å². The van der Waals surface area contributed by atoms with Gasteiger partial charge in [0.1, 0.15) is 0 Å². The molecular weight excluding hydrogens is 350 g/mol. The quantitative estimate of drug-likeness (QED) is 0.693. The number of aromatic nitrogens is 1. The van der Waals surface area contributed by atoms with Gasteiger partial charge in [-0.25, -0.2) is 0 Å². The average Bonchev–Trinajstić information content (AvgIpc) is 3.34. The van der Waals surface area contributed by atoms with E-state index >= 15 is 0 Å². The molecule has 1 aliphatic heterocycles. The summed E-state index contributed by atoms with van der Waals surface area (Å²) in [6.07, 6.45) is 2.98. The van der Waals surface area contributed by atoms with Gasteiger partial charge in [-0.1, -0.05) is 42.5 Å². The molecule has 1 saturated heterocycles. The molecule has 5 nitrogen and oxygen atoms in total. The third kappa shape index (κ3) is 3.79. The van der Waals surface area contributed by atoms with Crippen LogP contribution < -0.4 is 5.32 Å². The van der Waals surface area contributed by atoms with Gasteiger partial charge in [0, 0.05) is 31.2 Å². The Balaban J connectivity index is 1.30. The van der Waals surface area contributed by atoms with E-state index in [9.17, 15) is 9.59 Å². The molecule has 5 heteroatoms. The average molecular weight is 375 g/mol. The van der Waals surface area contributed by atoms with E-state index in [1.165, 1.54) is 10.9 Å². The van der Waals surface area contributed by atoms with E-state index in [0.717, 1.165) is 17.5 Å². The number of likely N-dealkylation sites (tertiary alicyclic amines) is 1. The maximum atomic E-state index is 12.6. The van der Waals surface area contributed by atoms with E-state index in [0.29, 0.717) is 13.1 Å². The molecule has 2 atom stereocenters. The number of hydrogen-bond acceptors (Lipinski definition) is 2. The Morgan fingerprint density at radius 1 is 1.21 bits per heavy atom. The van der Waals surface area contributed by atoms with Crippen molar-refractivity contribution in [3.05, 3.63) is 71.9 Å². The Bertz CT molecular complexity index is 980. The Hall–Kier alpha value is -3.08. The molecule has 1 aromatic heterocycles. The molecule has 0 aliphatic carbocycles. The summed E-state index contributed by atoms with van der Waals surface area (Å²) < 4.78 is 0. The van der Waals surface area contributed by atoms with Crippen molar-refractivity contribution >= 4 is 22.7 Å². The van der Waals surface area contributed by atoms with Crippen LogP contribution in [0.2, 0.25) is 0 Å². The number of nitrogens with one attached hydrogen (secondary N) is 2. The Morgan fingerprint density at radius 2 is 2.04 bits per heavy atom. The van der Waals surface area contributed by atoms with E-state index in [4.69, 9.17) is 0 Å². The Morgan fingerprint density at radius 3 is 2.86 bits per heavy atom. The van der Waals surface area contributed by atoms with E-state index < -0.39 is 0 Å². The van der Waals surface area contributed by atoms with Crippen LogP contribution in [-0.2, 0) is 16.0 Å². The van der Waals surface area contributed by atoms with Crippen LogP contribution in [0, 0.1) is 5.92 Å². The SMILES string of the molecule is CC(c1ccccc1)N1CC(C(=O)NCCc2ccc3cc[nH]c3c2)CC1=O. The monoisotopic (exact) mass is 375 g/mol. The predicted octanol–water partition coefficient (Wildman–Crippen LogP) is 3.44. The Labute approximate surface area is 164 Å². The van der Waals surface area contributed by atoms with Gasteiger partial charge in [-0.15, -0.1) is 0 Å². The van der Waals surface area contributed by atoms with E-state index in [1.807, 2.05) is 54.4 Å². The number of benzene rings is 2. The second-order valence-corrected chi connectivity index (χ2v) is 7.47. The van der Waals surface area contributed by atoms with Gasteiger partial charge in [-0.2, -0.15) is 0 Å². The largest absolute Gasteiger partial charge is 0.361 e. The van der Waals surface area contributed by atoms with Crippen molar-refractivity contribution in [1.29, 1.82) is 0 Å². The molecule has 2 unspecified atom stereocenters. The third-order valence-electron chi connectivity index (χ3n) is 5.61. The number of carbonyl (C=O) groups is 2. The summed E-state index contributed by atoms with van der Waals surface area (Å²) >= 11 is 0. The summed E-state index contributed by atoms with van der Waals surface area (Å²) in [5.74, 6) is -0.254. The van der Waals surface area contributed by atoms with E-state index in [-0.39, 0.29) is 30.2 Å². The lowest BCUT2D eigenvalue weighted by Gasteiger charge is -2.25. The summed E-state index contributed by atoms with van der Waals surface area (Å²) in [4.78, 5) is 30.0. The van der Waals surface area contributed by atoms with Gasteiger partial charge in [0.2, 0.25) is 11.8 Å². The number of aromatic amines is 1. The molecule has 4 rings (SSSR count). The van der Waals surface area contributed by atoms with Crippen LogP contribution in [-0.4, -0.2) is 34.8 Å². The van der Waals surface area contributed by atoms with Gasteiger partial charge in [-0.05, 0) is 42.0 Å².